The van der Waals surface area contributed by atoms with Crippen LogP contribution in [0.2, 0.25) is 0 Å². The topological polar surface area (TPSA) is 102 Å². The second-order valence-corrected chi connectivity index (χ2v) is 13.2. The van der Waals surface area contributed by atoms with Gasteiger partial charge in [-0.3, -0.25) is 9.59 Å². The highest BCUT2D eigenvalue weighted by Gasteiger charge is 2.80. The fraction of sp³-hybridized carbons (Fsp3) is 0.767. The van der Waals surface area contributed by atoms with Gasteiger partial charge in [0.1, 0.15) is 24.4 Å². The minimum absolute atomic E-state index is 0.0283. The van der Waals surface area contributed by atoms with Crippen LogP contribution < -0.4 is 0 Å². The Bertz CT molecular complexity index is 1110. The number of cyclic esters (lactones) is 1. The Labute approximate surface area is 219 Å². The van der Waals surface area contributed by atoms with Crippen LogP contribution in [0, 0.1) is 40.4 Å². The maximum absolute atomic E-state index is 13.3. The van der Waals surface area contributed by atoms with E-state index in [0.29, 0.717) is 29.7 Å². The molecule has 202 valence electrons. The summed E-state index contributed by atoms with van der Waals surface area (Å²) < 4.78 is 17.3. The van der Waals surface area contributed by atoms with Crippen molar-refractivity contribution in [1.29, 1.82) is 0 Å². The number of hydrogen-bond acceptors (Lipinski definition) is 7. The predicted molar refractivity (Wildman–Crippen MR) is 134 cm³/mol. The van der Waals surface area contributed by atoms with E-state index in [9.17, 15) is 19.5 Å². The highest BCUT2D eigenvalue weighted by Crippen LogP contribution is 2.73. The lowest BCUT2D eigenvalue weighted by molar-refractivity contribution is -0.156. The highest BCUT2D eigenvalue weighted by atomic mass is 16.6. The number of epoxide rings is 1. The van der Waals surface area contributed by atoms with Crippen LogP contribution in [0.25, 0.3) is 0 Å². The van der Waals surface area contributed by atoms with Crippen LogP contribution in [0.1, 0.15) is 73.1 Å². The molecule has 4 aliphatic carbocycles. The molecule has 7 nitrogen and oxygen atoms in total. The van der Waals surface area contributed by atoms with Gasteiger partial charge in [-0.25, -0.2) is 4.79 Å². The molecule has 6 rings (SSSR count). The normalized spacial score (nSPS) is 48.9. The molecule has 8 unspecified atom stereocenters. The molecule has 0 aromatic rings. The zero-order chi connectivity index (χ0) is 26.5. The number of hydrogen-bond donors (Lipinski definition) is 1. The molecule has 11 atom stereocenters. The van der Waals surface area contributed by atoms with E-state index in [4.69, 9.17) is 14.2 Å². The number of rotatable bonds is 4. The Morgan fingerprint density at radius 1 is 1.22 bits per heavy atom. The van der Waals surface area contributed by atoms with E-state index in [0.717, 1.165) is 37.7 Å². The van der Waals surface area contributed by atoms with Gasteiger partial charge in [0, 0.05) is 13.3 Å². The first-order valence-corrected chi connectivity index (χ1v) is 14.1. The van der Waals surface area contributed by atoms with Crippen molar-refractivity contribution in [3.63, 3.8) is 0 Å². The Morgan fingerprint density at radius 2 is 1.97 bits per heavy atom. The lowest BCUT2D eigenvalue weighted by Gasteiger charge is -2.58. The summed E-state index contributed by atoms with van der Waals surface area (Å²) in [5, 5.41) is 10.9. The van der Waals surface area contributed by atoms with Gasteiger partial charge in [0.15, 0.2) is 5.78 Å². The van der Waals surface area contributed by atoms with Gasteiger partial charge in [0.05, 0.1) is 17.1 Å². The van der Waals surface area contributed by atoms with E-state index in [-0.39, 0.29) is 47.8 Å². The molecule has 1 N–H and O–H groups in total. The molecule has 0 radical (unpaired) electrons. The maximum Gasteiger partial charge on any atom is 0.337 e. The summed E-state index contributed by atoms with van der Waals surface area (Å²) in [4.78, 5) is 37.4. The Morgan fingerprint density at radius 3 is 2.68 bits per heavy atom. The number of fused-ring (bicyclic) bond motifs is 4. The molecule has 0 bridgehead atoms. The smallest absolute Gasteiger partial charge is 0.337 e. The summed E-state index contributed by atoms with van der Waals surface area (Å²) in [5.74, 6) is 1.07. The molecule has 2 aliphatic heterocycles. The zero-order valence-electron chi connectivity index (χ0n) is 22.6. The Kier molecular flexibility index (Phi) is 5.64. The van der Waals surface area contributed by atoms with Crippen molar-refractivity contribution in [2.75, 3.05) is 6.61 Å². The third-order valence-corrected chi connectivity index (χ3v) is 11.9. The third-order valence-electron chi connectivity index (χ3n) is 11.9. The molecule has 1 spiro atoms. The molecule has 2 heterocycles. The summed E-state index contributed by atoms with van der Waals surface area (Å²) in [6, 6.07) is 0. The van der Waals surface area contributed by atoms with Crippen LogP contribution in [0.15, 0.2) is 23.3 Å². The average Bonchev–Trinajstić information content (AvgIpc) is 3.47. The van der Waals surface area contributed by atoms with Gasteiger partial charge < -0.3 is 19.3 Å². The van der Waals surface area contributed by atoms with E-state index in [1.165, 1.54) is 6.92 Å². The van der Waals surface area contributed by atoms with Crippen molar-refractivity contribution in [3.8, 4) is 0 Å². The number of esters is 2. The molecule has 1 saturated heterocycles. The third kappa shape index (κ3) is 3.28. The zero-order valence-corrected chi connectivity index (χ0v) is 22.6. The number of ketones is 1. The second-order valence-electron chi connectivity index (χ2n) is 13.2. The molecule has 0 aromatic heterocycles. The van der Waals surface area contributed by atoms with Crippen molar-refractivity contribution in [2.24, 2.45) is 40.4 Å². The maximum atomic E-state index is 13.3. The molecular formula is C30H40O7. The molecule has 7 heteroatoms. The van der Waals surface area contributed by atoms with Crippen LogP contribution in [0.5, 0.6) is 0 Å². The number of aliphatic hydroxyl groups excluding tert-OH is 1. The molecule has 37 heavy (non-hydrogen) atoms. The van der Waals surface area contributed by atoms with Crippen molar-refractivity contribution in [1.82, 2.24) is 0 Å². The standard InChI is InChI=1S/C30H40O7/c1-15-12-23(36-27(34)19(15)14-35-17(3)31)16(2)20-6-7-21-18-13-26-30(37-26)25(33)9-8-24(32)29(30,5)22(18)10-11-28(20,21)4/h8-9,16,18,20-23,25-26,33H,6-7,10-14H2,1-5H3/t16-,18?,20?,21?,22?,23?,25+,26?,28+,29?,30?/m0/s1. The fourth-order valence-corrected chi connectivity index (χ4v) is 9.85. The SMILES string of the molecule is CC(=O)OCC1=C(C)CC([C@@H](C)C2CCC3C4CC5OC56[C@H](O)C=CC(=O)C6(C)C4CC[C@@]32C)OC1=O. The van der Waals surface area contributed by atoms with E-state index in [1.807, 2.05) is 6.92 Å². The van der Waals surface area contributed by atoms with Crippen LogP contribution in [0.4, 0.5) is 0 Å². The van der Waals surface area contributed by atoms with Gasteiger partial charge in [0.2, 0.25) is 0 Å². The van der Waals surface area contributed by atoms with Gasteiger partial charge in [-0.2, -0.15) is 0 Å². The van der Waals surface area contributed by atoms with Gasteiger partial charge in [-0.15, -0.1) is 0 Å². The number of aliphatic hydroxyl groups is 1. The van der Waals surface area contributed by atoms with E-state index < -0.39 is 23.1 Å². The Hall–Kier alpha value is -1.99. The van der Waals surface area contributed by atoms with Gasteiger partial charge >= 0.3 is 11.9 Å². The van der Waals surface area contributed by atoms with E-state index in [1.54, 1.807) is 12.2 Å². The van der Waals surface area contributed by atoms with Gasteiger partial charge in [-0.05, 0) is 93.1 Å². The quantitative estimate of drug-likeness (QED) is 0.450. The van der Waals surface area contributed by atoms with E-state index in [2.05, 4.69) is 20.8 Å². The number of ether oxygens (including phenoxy) is 3. The predicted octanol–water partition coefficient (Wildman–Crippen LogP) is 3.92. The van der Waals surface area contributed by atoms with Crippen molar-refractivity contribution in [2.45, 2.75) is 97.1 Å². The molecular weight excluding hydrogens is 472 g/mol. The summed E-state index contributed by atoms with van der Waals surface area (Å²) in [7, 11) is 0. The molecule has 0 amide bonds. The average molecular weight is 513 g/mol. The second kappa shape index (κ2) is 8.25. The number of carbonyl (C=O) groups is 3. The first kappa shape index (κ1) is 25.3. The summed E-state index contributed by atoms with van der Waals surface area (Å²) in [6.45, 7) is 9.97. The summed E-state index contributed by atoms with van der Waals surface area (Å²) in [6.07, 6.45) is 8.05. The number of allylic oxidation sites excluding steroid dienone is 1. The number of carbonyl (C=O) groups excluding carboxylic acids is 3. The van der Waals surface area contributed by atoms with Crippen LogP contribution in [-0.4, -0.2) is 53.3 Å². The van der Waals surface area contributed by atoms with Crippen LogP contribution in [-0.2, 0) is 28.6 Å². The highest BCUT2D eigenvalue weighted by molar-refractivity contribution is 5.98. The lowest BCUT2D eigenvalue weighted by atomic mass is 9.44. The lowest BCUT2D eigenvalue weighted by Crippen LogP contribution is -2.63. The monoisotopic (exact) mass is 512 g/mol. The Balaban J connectivity index is 1.22. The summed E-state index contributed by atoms with van der Waals surface area (Å²) in [5.41, 5.74) is 0.121. The fourth-order valence-electron chi connectivity index (χ4n) is 9.85. The van der Waals surface area contributed by atoms with E-state index >= 15 is 0 Å². The minimum Gasteiger partial charge on any atom is -0.461 e. The van der Waals surface area contributed by atoms with Crippen LogP contribution in [0.3, 0.4) is 0 Å². The molecule has 4 fully saturated rings. The molecule has 3 saturated carbocycles. The van der Waals surface area contributed by atoms with Crippen molar-refractivity contribution >= 4 is 17.7 Å². The summed E-state index contributed by atoms with van der Waals surface area (Å²) >= 11 is 0. The largest absolute Gasteiger partial charge is 0.461 e. The van der Waals surface area contributed by atoms with Gasteiger partial charge in [-0.1, -0.05) is 19.4 Å². The van der Waals surface area contributed by atoms with Gasteiger partial charge in [0.25, 0.3) is 0 Å². The van der Waals surface area contributed by atoms with Crippen molar-refractivity contribution < 1.29 is 33.7 Å². The molecule has 6 aliphatic rings. The minimum atomic E-state index is -0.733. The van der Waals surface area contributed by atoms with Crippen LogP contribution >= 0.6 is 0 Å². The first-order chi connectivity index (χ1) is 17.4. The first-order valence-electron chi connectivity index (χ1n) is 14.1. The molecule has 0 aromatic carbocycles. The van der Waals surface area contributed by atoms with Crippen molar-refractivity contribution in [3.05, 3.63) is 23.3 Å².